The molecule has 0 bridgehead atoms. The summed E-state index contributed by atoms with van der Waals surface area (Å²) in [6.07, 6.45) is 3.01. The maximum atomic E-state index is 12.9. The monoisotopic (exact) mass is 298 g/mol. The second kappa shape index (κ2) is 7.35. The third-order valence-corrected chi connectivity index (χ3v) is 3.38. The van der Waals surface area contributed by atoms with Crippen molar-refractivity contribution in [3.8, 4) is 12.1 Å². The molecule has 1 aromatic heterocycles. The molecule has 0 amide bonds. The number of halogens is 1. The van der Waals surface area contributed by atoms with E-state index in [1.807, 2.05) is 6.07 Å². The van der Waals surface area contributed by atoms with Crippen molar-refractivity contribution in [1.82, 2.24) is 9.55 Å². The van der Waals surface area contributed by atoms with E-state index in [0.29, 0.717) is 30.8 Å². The Labute approximate surface area is 127 Å². The van der Waals surface area contributed by atoms with Gasteiger partial charge in [0.1, 0.15) is 17.7 Å². The SMILES string of the molecule is N#CCCC(C#N)Cn1ccnc1C(O)c1ccc(F)cc1. The van der Waals surface area contributed by atoms with Crippen molar-refractivity contribution in [1.29, 1.82) is 10.5 Å². The Hall–Kier alpha value is -2.70. The predicted molar refractivity (Wildman–Crippen MR) is 76.6 cm³/mol. The van der Waals surface area contributed by atoms with Crippen LogP contribution in [0.4, 0.5) is 4.39 Å². The first-order chi connectivity index (χ1) is 10.7. The van der Waals surface area contributed by atoms with Gasteiger partial charge < -0.3 is 9.67 Å². The van der Waals surface area contributed by atoms with Gasteiger partial charge in [-0.05, 0) is 24.1 Å². The number of hydrogen-bond donors (Lipinski definition) is 1. The van der Waals surface area contributed by atoms with Gasteiger partial charge in [0.05, 0.1) is 18.1 Å². The van der Waals surface area contributed by atoms with E-state index in [1.54, 1.807) is 17.0 Å². The number of nitrogens with zero attached hydrogens (tertiary/aromatic N) is 4. The van der Waals surface area contributed by atoms with Gasteiger partial charge in [0, 0.05) is 25.4 Å². The van der Waals surface area contributed by atoms with Crippen LogP contribution in [0.5, 0.6) is 0 Å². The van der Waals surface area contributed by atoms with Gasteiger partial charge in [0.25, 0.3) is 0 Å². The summed E-state index contributed by atoms with van der Waals surface area (Å²) in [5.74, 6) is -0.308. The van der Waals surface area contributed by atoms with Crippen molar-refractivity contribution < 1.29 is 9.50 Å². The summed E-state index contributed by atoms with van der Waals surface area (Å²) >= 11 is 0. The number of benzene rings is 1. The molecule has 0 saturated carbocycles. The highest BCUT2D eigenvalue weighted by atomic mass is 19.1. The van der Waals surface area contributed by atoms with Crippen molar-refractivity contribution in [2.24, 2.45) is 5.92 Å². The van der Waals surface area contributed by atoms with Gasteiger partial charge in [-0.2, -0.15) is 10.5 Å². The van der Waals surface area contributed by atoms with Gasteiger partial charge in [0.2, 0.25) is 0 Å². The fraction of sp³-hybridized carbons (Fsp3) is 0.312. The van der Waals surface area contributed by atoms with Crippen molar-refractivity contribution in [2.45, 2.75) is 25.5 Å². The highest BCUT2D eigenvalue weighted by Crippen LogP contribution is 2.22. The minimum Gasteiger partial charge on any atom is -0.380 e. The minimum absolute atomic E-state index is 0.308. The van der Waals surface area contributed by atoms with Gasteiger partial charge in [0.15, 0.2) is 0 Å². The molecular weight excluding hydrogens is 283 g/mol. The molecule has 2 aromatic rings. The third kappa shape index (κ3) is 3.69. The Morgan fingerprint density at radius 2 is 2.00 bits per heavy atom. The van der Waals surface area contributed by atoms with Crippen LogP contribution in [-0.2, 0) is 6.54 Å². The molecular formula is C16H15FN4O. The maximum Gasteiger partial charge on any atom is 0.142 e. The van der Waals surface area contributed by atoms with Gasteiger partial charge in [-0.1, -0.05) is 12.1 Å². The molecule has 0 aliphatic carbocycles. The highest BCUT2D eigenvalue weighted by molar-refractivity contribution is 5.23. The molecule has 5 nitrogen and oxygen atoms in total. The first-order valence-corrected chi connectivity index (χ1v) is 6.87. The molecule has 0 radical (unpaired) electrons. The minimum atomic E-state index is -0.995. The molecule has 0 spiro atoms. The standard InChI is InChI=1S/C16H15FN4O/c17-14-5-3-13(4-6-14)15(22)16-20-8-9-21(16)11-12(10-19)2-1-7-18/h3-6,8-9,12,15,22H,1-2,11H2. The van der Waals surface area contributed by atoms with Gasteiger partial charge >= 0.3 is 0 Å². The fourth-order valence-electron chi connectivity index (χ4n) is 2.19. The average Bonchev–Trinajstić information content (AvgIpc) is 2.99. The Bertz CT molecular complexity index is 696. The Morgan fingerprint density at radius 3 is 2.64 bits per heavy atom. The van der Waals surface area contributed by atoms with Crippen LogP contribution < -0.4 is 0 Å². The number of hydrogen-bond acceptors (Lipinski definition) is 4. The molecule has 1 heterocycles. The summed E-state index contributed by atoms with van der Waals surface area (Å²) in [4.78, 5) is 4.13. The van der Waals surface area contributed by atoms with E-state index in [4.69, 9.17) is 10.5 Å². The van der Waals surface area contributed by atoms with E-state index in [9.17, 15) is 9.50 Å². The zero-order chi connectivity index (χ0) is 15.9. The van der Waals surface area contributed by atoms with Crippen LogP contribution in [0.15, 0.2) is 36.7 Å². The van der Waals surface area contributed by atoms with E-state index in [-0.39, 0.29) is 11.7 Å². The van der Waals surface area contributed by atoms with Crippen LogP contribution in [0.1, 0.15) is 30.3 Å². The quantitative estimate of drug-likeness (QED) is 0.888. The zero-order valence-corrected chi connectivity index (χ0v) is 11.9. The second-order valence-corrected chi connectivity index (χ2v) is 4.91. The summed E-state index contributed by atoms with van der Waals surface area (Å²) in [5.41, 5.74) is 0.527. The number of aromatic nitrogens is 2. The first kappa shape index (κ1) is 15.7. The lowest BCUT2D eigenvalue weighted by atomic mass is 10.0. The van der Waals surface area contributed by atoms with Crippen molar-refractivity contribution >= 4 is 0 Å². The molecule has 112 valence electrons. The molecule has 22 heavy (non-hydrogen) atoms. The molecule has 2 atom stereocenters. The first-order valence-electron chi connectivity index (χ1n) is 6.87. The lowest BCUT2D eigenvalue weighted by Crippen LogP contribution is -2.14. The molecule has 0 aliphatic rings. The van der Waals surface area contributed by atoms with Crippen LogP contribution in [0.2, 0.25) is 0 Å². The Kier molecular flexibility index (Phi) is 5.24. The van der Waals surface area contributed by atoms with Crippen LogP contribution in [0.25, 0.3) is 0 Å². The van der Waals surface area contributed by atoms with Gasteiger partial charge in [-0.15, -0.1) is 0 Å². The van der Waals surface area contributed by atoms with E-state index in [1.165, 1.54) is 24.3 Å². The van der Waals surface area contributed by atoms with Crippen molar-refractivity contribution in [3.05, 3.63) is 53.9 Å². The molecule has 0 fully saturated rings. The number of aliphatic hydroxyl groups is 1. The smallest absolute Gasteiger partial charge is 0.142 e. The van der Waals surface area contributed by atoms with Crippen LogP contribution >= 0.6 is 0 Å². The molecule has 6 heteroatoms. The maximum absolute atomic E-state index is 12.9. The van der Waals surface area contributed by atoms with E-state index in [2.05, 4.69) is 11.1 Å². The van der Waals surface area contributed by atoms with Crippen LogP contribution in [0.3, 0.4) is 0 Å². The van der Waals surface area contributed by atoms with E-state index >= 15 is 0 Å². The van der Waals surface area contributed by atoms with E-state index in [0.717, 1.165) is 0 Å². The largest absolute Gasteiger partial charge is 0.380 e. The highest BCUT2D eigenvalue weighted by Gasteiger charge is 2.18. The molecule has 1 aromatic carbocycles. The Balaban J connectivity index is 2.16. The normalized spacial score (nSPS) is 13.1. The van der Waals surface area contributed by atoms with Crippen LogP contribution in [-0.4, -0.2) is 14.7 Å². The van der Waals surface area contributed by atoms with Gasteiger partial charge in [-0.3, -0.25) is 0 Å². The topological polar surface area (TPSA) is 85.6 Å². The molecule has 1 N–H and O–H groups in total. The molecule has 2 rings (SSSR count). The summed E-state index contributed by atoms with van der Waals surface area (Å²) in [6, 6.07) is 9.72. The van der Waals surface area contributed by atoms with Gasteiger partial charge in [-0.25, -0.2) is 9.37 Å². The van der Waals surface area contributed by atoms with Crippen molar-refractivity contribution in [3.63, 3.8) is 0 Å². The number of imidazole rings is 1. The predicted octanol–water partition coefficient (Wildman–Crippen LogP) is 2.55. The second-order valence-electron chi connectivity index (χ2n) is 4.91. The van der Waals surface area contributed by atoms with E-state index < -0.39 is 6.10 Å². The van der Waals surface area contributed by atoms with Crippen molar-refractivity contribution in [2.75, 3.05) is 0 Å². The third-order valence-electron chi connectivity index (χ3n) is 3.38. The Morgan fingerprint density at radius 1 is 1.27 bits per heavy atom. The average molecular weight is 298 g/mol. The zero-order valence-electron chi connectivity index (χ0n) is 11.9. The lowest BCUT2D eigenvalue weighted by Gasteiger charge is -2.15. The molecule has 0 aliphatic heterocycles. The molecule has 2 unspecified atom stereocenters. The summed E-state index contributed by atoms with van der Waals surface area (Å²) in [5, 5.41) is 28.1. The fourth-order valence-corrected chi connectivity index (χ4v) is 2.19. The lowest BCUT2D eigenvalue weighted by molar-refractivity contribution is 0.203. The summed E-state index contributed by atoms with van der Waals surface area (Å²) < 4.78 is 14.6. The number of nitriles is 2. The summed E-state index contributed by atoms with van der Waals surface area (Å²) in [6.45, 7) is 0.353. The number of aliphatic hydroxyl groups excluding tert-OH is 1. The summed E-state index contributed by atoms with van der Waals surface area (Å²) in [7, 11) is 0. The molecule has 0 saturated heterocycles. The van der Waals surface area contributed by atoms with Crippen LogP contribution in [0, 0.1) is 34.4 Å². The number of rotatable bonds is 6.